The molecule has 1 aliphatic heterocycles. The third-order valence-corrected chi connectivity index (χ3v) is 3.68. The zero-order valence-corrected chi connectivity index (χ0v) is 11.4. The van der Waals surface area contributed by atoms with Crippen molar-refractivity contribution in [3.63, 3.8) is 0 Å². The molecule has 1 atom stereocenters. The van der Waals surface area contributed by atoms with Gasteiger partial charge in [0.05, 0.1) is 0 Å². The maximum absolute atomic E-state index is 12.1. The molecule has 1 heterocycles. The molecule has 0 N–H and O–H groups in total. The van der Waals surface area contributed by atoms with Crippen molar-refractivity contribution in [2.75, 3.05) is 11.4 Å². The summed E-state index contributed by atoms with van der Waals surface area (Å²) in [7, 11) is 0. The number of carbonyl (C=O) groups excluding carboxylic acids is 1. The number of anilines is 1. The topological polar surface area (TPSA) is 20.3 Å². The molecule has 0 saturated carbocycles. The fraction of sp³-hybridized carbons (Fsp3) is 0.438. The second-order valence-electron chi connectivity index (χ2n) is 5.40. The van der Waals surface area contributed by atoms with Gasteiger partial charge in [-0.1, -0.05) is 32.1 Å². The van der Waals surface area contributed by atoms with Gasteiger partial charge in [-0.05, 0) is 30.0 Å². The molecule has 1 aromatic rings. The maximum atomic E-state index is 12.1. The molecule has 1 unspecified atom stereocenters. The van der Waals surface area contributed by atoms with Crippen LogP contribution < -0.4 is 4.90 Å². The number of nitrogens with zero attached hydrogens (tertiary/aromatic N) is 1. The zero-order chi connectivity index (χ0) is 13.3. The van der Waals surface area contributed by atoms with Gasteiger partial charge in [0.25, 0.3) is 0 Å². The molecule has 1 saturated heterocycles. The Kier molecular flexibility index (Phi) is 3.55. The zero-order valence-electron chi connectivity index (χ0n) is 11.4. The first-order valence-electron chi connectivity index (χ1n) is 6.56. The van der Waals surface area contributed by atoms with Crippen molar-refractivity contribution in [1.82, 2.24) is 0 Å². The molecule has 2 rings (SSSR count). The molecule has 0 bridgehead atoms. The Bertz CT molecular complexity index is 476. The molecule has 1 aromatic carbocycles. The lowest BCUT2D eigenvalue weighted by Gasteiger charge is -2.20. The molecule has 1 aliphatic rings. The average molecular weight is 243 g/mol. The summed E-state index contributed by atoms with van der Waals surface area (Å²) < 4.78 is 0. The number of carbonyl (C=O) groups is 1. The summed E-state index contributed by atoms with van der Waals surface area (Å²) in [4.78, 5) is 14.0. The fourth-order valence-corrected chi connectivity index (χ4v) is 2.40. The highest BCUT2D eigenvalue weighted by molar-refractivity contribution is 5.96. The van der Waals surface area contributed by atoms with Crippen LogP contribution in [0.25, 0.3) is 0 Å². The van der Waals surface area contributed by atoms with Crippen LogP contribution in [0.15, 0.2) is 30.9 Å². The molecule has 96 valence electrons. The first-order valence-corrected chi connectivity index (χ1v) is 6.56. The Balaban J connectivity index is 2.35. The van der Waals surface area contributed by atoms with E-state index in [4.69, 9.17) is 0 Å². The van der Waals surface area contributed by atoms with Crippen molar-refractivity contribution in [3.8, 4) is 0 Å². The van der Waals surface area contributed by atoms with E-state index in [-0.39, 0.29) is 5.91 Å². The van der Waals surface area contributed by atoms with Gasteiger partial charge >= 0.3 is 0 Å². The molecular formula is C16H21NO. The minimum atomic E-state index is 0.212. The molecule has 18 heavy (non-hydrogen) atoms. The maximum Gasteiger partial charge on any atom is 0.227 e. The van der Waals surface area contributed by atoms with Crippen LogP contribution in [0.2, 0.25) is 0 Å². The molecule has 2 nitrogen and oxygen atoms in total. The monoisotopic (exact) mass is 243 g/mol. The lowest BCUT2D eigenvalue weighted by Crippen LogP contribution is -2.25. The average Bonchev–Trinajstić information content (AvgIpc) is 2.71. The highest BCUT2D eigenvalue weighted by Crippen LogP contribution is 2.30. The van der Waals surface area contributed by atoms with Crippen LogP contribution in [0.4, 0.5) is 5.69 Å². The Morgan fingerprint density at radius 1 is 1.44 bits per heavy atom. The summed E-state index contributed by atoms with van der Waals surface area (Å²) in [5.74, 6) is 0.987. The smallest absolute Gasteiger partial charge is 0.227 e. The lowest BCUT2D eigenvalue weighted by atomic mass is 10.00. The van der Waals surface area contributed by atoms with Crippen molar-refractivity contribution in [1.29, 1.82) is 0 Å². The van der Waals surface area contributed by atoms with Crippen molar-refractivity contribution in [2.45, 2.75) is 33.1 Å². The molecule has 0 aliphatic carbocycles. The summed E-state index contributed by atoms with van der Waals surface area (Å²) in [5.41, 5.74) is 3.51. The van der Waals surface area contributed by atoms with Crippen molar-refractivity contribution < 1.29 is 4.79 Å². The van der Waals surface area contributed by atoms with Crippen LogP contribution in [-0.4, -0.2) is 12.5 Å². The SMILES string of the molecule is C=CC1CC(=O)N(c2cc(C(C)C)ccc2C)C1. The second-order valence-corrected chi connectivity index (χ2v) is 5.40. The van der Waals surface area contributed by atoms with Gasteiger partial charge in [0, 0.05) is 24.6 Å². The number of hydrogen-bond acceptors (Lipinski definition) is 1. The normalized spacial score (nSPS) is 19.7. The summed E-state index contributed by atoms with van der Waals surface area (Å²) in [6.45, 7) is 11.0. The molecule has 2 heteroatoms. The third-order valence-electron chi connectivity index (χ3n) is 3.68. The molecule has 0 spiro atoms. The predicted octanol–water partition coefficient (Wildman–Crippen LogP) is 3.66. The van der Waals surface area contributed by atoms with E-state index in [0.717, 1.165) is 17.8 Å². The number of rotatable bonds is 3. The standard InChI is InChI=1S/C16H21NO/c1-5-13-8-16(18)17(10-13)15-9-14(11(2)3)7-6-12(15)4/h5-7,9,11,13H,1,8,10H2,2-4H3. The van der Waals surface area contributed by atoms with Gasteiger partial charge in [0.15, 0.2) is 0 Å². The van der Waals surface area contributed by atoms with Crippen LogP contribution in [0.5, 0.6) is 0 Å². The van der Waals surface area contributed by atoms with E-state index < -0.39 is 0 Å². The van der Waals surface area contributed by atoms with Crippen LogP contribution in [0.1, 0.15) is 37.3 Å². The summed E-state index contributed by atoms with van der Waals surface area (Å²) in [6, 6.07) is 6.41. The summed E-state index contributed by atoms with van der Waals surface area (Å²) >= 11 is 0. The van der Waals surface area contributed by atoms with E-state index in [1.165, 1.54) is 5.56 Å². The van der Waals surface area contributed by atoms with Crippen LogP contribution in [0, 0.1) is 12.8 Å². The number of hydrogen-bond donors (Lipinski definition) is 0. The van der Waals surface area contributed by atoms with Gasteiger partial charge < -0.3 is 4.90 Å². The van der Waals surface area contributed by atoms with E-state index in [0.29, 0.717) is 18.3 Å². The Morgan fingerprint density at radius 3 is 2.72 bits per heavy atom. The lowest BCUT2D eigenvalue weighted by molar-refractivity contribution is -0.117. The number of aryl methyl sites for hydroxylation is 1. The molecule has 1 fully saturated rings. The van der Waals surface area contributed by atoms with Crippen molar-refractivity contribution >= 4 is 11.6 Å². The van der Waals surface area contributed by atoms with E-state index in [1.807, 2.05) is 11.0 Å². The largest absolute Gasteiger partial charge is 0.312 e. The number of benzene rings is 1. The van der Waals surface area contributed by atoms with E-state index in [1.54, 1.807) is 0 Å². The molecule has 1 amide bonds. The van der Waals surface area contributed by atoms with Crippen LogP contribution >= 0.6 is 0 Å². The van der Waals surface area contributed by atoms with Crippen molar-refractivity contribution in [3.05, 3.63) is 42.0 Å². The highest BCUT2D eigenvalue weighted by atomic mass is 16.2. The fourth-order valence-electron chi connectivity index (χ4n) is 2.40. The van der Waals surface area contributed by atoms with Crippen molar-refractivity contribution in [2.24, 2.45) is 5.92 Å². The van der Waals surface area contributed by atoms with Gasteiger partial charge in [0.2, 0.25) is 5.91 Å². The molecular weight excluding hydrogens is 222 g/mol. The Morgan fingerprint density at radius 2 is 2.17 bits per heavy atom. The van der Waals surface area contributed by atoms with E-state index >= 15 is 0 Å². The van der Waals surface area contributed by atoms with Gasteiger partial charge in [-0.3, -0.25) is 4.79 Å². The quantitative estimate of drug-likeness (QED) is 0.742. The highest BCUT2D eigenvalue weighted by Gasteiger charge is 2.29. The van der Waals surface area contributed by atoms with Gasteiger partial charge in [-0.25, -0.2) is 0 Å². The second kappa shape index (κ2) is 4.97. The Hall–Kier alpha value is -1.57. The first-order chi connectivity index (χ1) is 8.52. The van der Waals surface area contributed by atoms with Gasteiger partial charge in [-0.2, -0.15) is 0 Å². The Labute approximate surface area is 109 Å². The molecule has 0 radical (unpaired) electrons. The van der Waals surface area contributed by atoms with Crippen LogP contribution in [-0.2, 0) is 4.79 Å². The van der Waals surface area contributed by atoms with E-state index in [2.05, 4.69) is 45.5 Å². The predicted molar refractivity (Wildman–Crippen MR) is 75.9 cm³/mol. The summed E-state index contributed by atoms with van der Waals surface area (Å²) in [5, 5.41) is 0. The minimum absolute atomic E-state index is 0.212. The number of amides is 1. The van der Waals surface area contributed by atoms with Gasteiger partial charge in [-0.15, -0.1) is 6.58 Å². The van der Waals surface area contributed by atoms with Gasteiger partial charge in [0.1, 0.15) is 0 Å². The summed E-state index contributed by atoms with van der Waals surface area (Å²) in [6.07, 6.45) is 2.48. The molecule has 0 aromatic heterocycles. The minimum Gasteiger partial charge on any atom is -0.312 e. The van der Waals surface area contributed by atoms with Crippen LogP contribution in [0.3, 0.4) is 0 Å². The van der Waals surface area contributed by atoms with E-state index in [9.17, 15) is 4.79 Å². The third kappa shape index (κ3) is 2.33. The first kappa shape index (κ1) is 12.9.